The smallest absolute Gasteiger partial charge is 0.143 e. The first-order valence-corrected chi connectivity index (χ1v) is 6.83. The molecule has 16 heavy (non-hydrogen) atoms. The molecule has 1 unspecified atom stereocenters. The van der Waals surface area contributed by atoms with Crippen molar-refractivity contribution in [3.63, 3.8) is 0 Å². The summed E-state index contributed by atoms with van der Waals surface area (Å²) in [4.78, 5) is 0. The van der Waals surface area contributed by atoms with Gasteiger partial charge in [0.15, 0.2) is 0 Å². The Morgan fingerprint density at radius 3 is 2.75 bits per heavy atom. The minimum absolute atomic E-state index is 0.460. The fourth-order valence-corrected chi connectivity index (χ4v) is 2.22. The molecule has 0 aromatic carbocycles. The first kappa shape index (κ1) is 13.6. The van der Waals surface area contributed by atoms with E-state index in [9.17, 15) is 0 Å². The first-order chi connectivity index (χ1) is 7.74. The van der Waals surface area contributed by atoms with Crippen LogP contribution in [0.1, 0.15) is 44.3 Å². The average Bonchev–Trinajstić information content (AvgIpc) is 2.69. The molecule has 0 fully saturated rings. The lowest BCUT2D eigenvalue weighted by atomic mass is 10.1. The van der Waals surface area contributed by atoms with Crippen LogP contribution in [-0.4, -0.2) is 28.5 Å². The molecule has 1 aromatic heterocycles. The number of hydrogen-bond acceptors (Lipinski definition) is 3. The van der Waals surface area contributed by atoms with Gasteiger partial charge in [0.1, 0.15) is 11.6 Å². The normalized spacial score (nSPS) is 13.0. The molecule has 0 spiro atoms. The predicted octanol–water partition coefficient (Wildman–Crippen LogP) is 2.72. The van der Waals surface area contributed by atoms with Crippen LogP contribution in [0.25, 0.3) is 0 Å². The summed E-state index contributed by atoms with van der Waals surface area (Å²) in [6, 6.07) is 0. The maximum absolute atomic E-state index is 5.12. The van der Waals surface area contributed by atoms with Crippen molar-refractivity contribution in [2.75, 3.05) is 13.7 Å². The van der Waals surface area contributed by atoms with Gasteiger partial charge in [-0.15, -0.1) is 10.2 Å². The van der Waals surface area contributed by atoms with Gasteiger partial charge in [-0.2, -0.15) is 0 Å². The Morgan fingerprint density at radius 2 is 2.19 bits per heavy atom. The molecular formula is C11H20BrN3O. The number of methoxy groups -OCH3 is 1. The number of alkyl halides is 1. The highest BCUT2D eigenvalue weighted by atomic mass is 79.9. The van der Waals surface area contributed by atoms with Crippen molar-refractivity contribution in [2.45, 2.75) is 44.5 Å². The highest BCUT2D eigenvalue weighted by Crippen LogP contribution is 2.20. The summed E-state index contributed by atoms with van der Waals surface area (Å²) in [7, 11) is 1.72. The van der Waals surface area contributed by atoms with Gasteiger partial charge in [0.05, 0.1) is 11.9 Å². The molecule has 0 amide bonds. The summed E-state index contributed by atoms with van der Waals surface area (Å²) in [5, 5.41) is 9.23. The molecule has 1 rings (SSSR count). The van der Waals surface area contributed by atoms with Gasteiger partial charge in [0, 0.05) is 19.6 Å². The number of rotatable bonds is 7. The summed E-state index contributed by atoms with van der Waals surface area (Å²) in [5.74, 6) is 2.52. The average molecular weight is 290 g/mol. The number of halogens is 1. The largest absolute Gasteiger partial charge is 0.383 e. The second-order valence-electron chi connectivity index (χ2n) is 3.94. The number of aromatic nitrogens is 3. The van der Waals surface area contributed by atoms with Crippen LogP contribution in [0, 0.1) is 0 Å². The molecule has 0 aliphatic carbocycles. The van der Waals surface area contributed by atoms with E-state index in [2.05, 4.69) is 44.5 Å². The monoisotopic (exact) mass is 289 g/mol. The molecular weight excluding hydrogens is 270 g/mol. The topological polar surface area (TPSA) is 39.9 Å². The van der Waals surface area contributed by atoms with E-state index in [1.54, 1.807) is 7.11 Å². The van der Waals surface area contributed by atoms with E-state index < -0.39 is 0 Å². The van der Waals surface area contributed by atoms with E-state index in [4.69, 9.17) is 4.74 Å². The molecule has 92 valence electrons. The van der Waals surface area contributed by atoms with Crippen LogP contribution in [0.15, 0.2) is 0 Å². The number of nitrogens with zero attached hydrogens (tertiary/aromatic N) is 3. The molecule has 1 atom stereocenters. The Hall–Kier alpha value is -0.420. The van der Waals surface area contributed by atoms with Crippen LogP contribution >= 0.6 is 15.9 Å². The summed E-state index contributed by atoms with van der Waals surface area (Å²) in [6.45, 7) is 5.92. The fraction of sp³-hybridized carbons (Fsp3) is 0.818. The molecule has 0 aliphatic heterocycles. The molecule has 0 aliphatic rings. The summed E-state index contributed by atoms with van der Waals surface area (Å²) in [6.07, 6.45) is 2.31. The van der Waals surface area contributed by atoms with E-state index in [0.717, 1.165) is 29.9 Å². The van der Waals surface area contributed by atoms with Crippen molar-refractivity contribution in [1.82, 2.24) is 14.8 Å². The van der Waals surface area contributed by atoms with Crippen LogP contribution in [0.2, 0.25) is 0 Å². The second-order valence-corrected chi connectivity index (χ2v) is 4.50. The van der Waals surface area contributed by atoms with Gasteiger partial charge in [-0.05, 0) is 6.42 Å². The zero-order valence-electron chi connectivity index (χ0n) is 10.2. The molecule has 1 aromatic rings. The standard InChI is InChI=1S/C11H20BrN3O/c1-4-5-9(2)11-14-13-10(8-12)15(11)6-7-16-3/h9H,4-8H2,1-3H3. The van der Waals surface area contributed by atoms with Crippen LogP contribution in [0.4, 0.5) is 0 Å². The molecule has 4 nitrogen and oxygen atoms in total. The third-order valence-electron chi connectivity index (χ3n) is 2.66. The van der Waals surface area contributed by atoms with E-state index in [1.165, 1.54) is 6.42 Å². The zero-order valence-corrected chi connectivity index (χ0v) is 11.8. The van der Waals surface area contributed by atoms with Crippen LogP contribution in [0.5, 0.6) is 0 Å². The van der Waals surface area contributed by atoms with Gasteiger partial charge < -0.3 is 9.30 Å². The van der Waals surface area contributed by atoms with Crippen molar-refractivity contribution in [2.24, 2.45) is 0 Å². The molecule has 5 heteroatoms. The van der Waals surface area contributed by atoms with Crippen molar-refractivity contribution in [1.29, 1.82) is 0 Å². The molecule has 0 saturated heterocycles. The highest BCUT2D eigenvalue weighted by Gasteiger charge is 2.16. The Balaban J connectivity index is 2.85. The molecule has 0 radical (unpaired) electrons. The molecule has 1 heterocycles. The Labute approximate surface area is 106 Å². The Morgan fingerprint density at radius 1 is 1.44 bits per heavy atom. The van der Waals surface area contributed by atoms with E-state index in [0.29, 0.717) is 12.5 Å². The van der Waals surface area contributed by atoms with E-state index in [1.807, 2.05) is 0 Å². The van der Waals surface area contributed by atoms with Crippen molar-refractivity contribution >= 4 is 15.9 Å². The molecule has 0 saturated carbocycles. The fourth-order valence-electron chi connectivity index (χ4n) is 1.80. The van der Waals surface area contributed by atoms with E-state index >= 15 is 0 Å². The Kier molecular flexibility index (Phi) is 5.98. The minimum Gasteiger partial charge on any atom is -0.383 e. The number of hydrogen-bond donors (Lipinski definition) is 0. The molecule has 0 bridgehead atoms. The van der Waals surface area contributed by atoms with E-state index in [-0.39, 0.29) is 0 Å². The van der Waals surface area contributed by atoms with Crippen molar-refractivity contribution in [3.05, 3.63) is 11.6 Å². The van der Waals surface area contributed by atoms with Crippen LogP contribution in [0.3, 0.4) is 0 Å². The van der Waals surface area contributed by atoms with Gasteiger partial charge in [-0.1, -0.05) is 36.2 Å². The Bertz CT molecular complexity index is 314. The lowest BCUT2D eigenvalue weighted by Crippen LogP contribution is -2.13. The number of ether oxygens (including phenoxy) is 1. The van der Waals surface area contributed by atoms with Crippen molar-refractivity contribution < 1.29 is 4.74 Å². The maximum atomic E-state index is 5.12. The van der Waals surface area contributed by atoms with Gasteiger partial charge in [0.2, 0.25) is 0 Å². The first-order valence-electron chi connectivity index (χ1n) is 5.71. The third kappa shape index (κ3) is 3.28. The lowest BCUT2D eigenvalue weighted by Gasteiger charge is -2.13. The summed E-state index contributed by atoms with van der Waals surface area (Å²) in [5.41, 5.74) is 0. The minimum atomic E-state index is 0.460. The summed E-state index contributed by atoms with van der Waals surface area (Å²) < 4.78 is 7.28. The van der Waals surface area contributed by atoms with Crippen molar-refractivity contribution in [3.8, 4) is 0 Å². The van der Waals surface area contributed by atoms with Crippen LogP contribution < -0.4 is 0 Å². The quantitative estimate of drug-likeness (QED) is 0.725. The predicted molar refractivity (Wildman–Crippen MR) is 67.9 cm³/mol. The molecule has 0 N–H and O–H groups in total. The lowest BCUT2D eigenvalue weighted by molar-refractivity contribution is 0.185. The van der Waals surface area contributed by atoms with Gasteiger partial charge in [-0.3, -0.25) is 0 Å². The van der Waals surface area contributed by atoms with Gasteiger partial charge in [0.25, 0.3) is 0 Å². The van der Waals surface area contributed by atoms with Gasteiger partial charge in [-0.25, -0.2) is 0 Å². The highest BCUT2D eigenvalue weighted by molar-refractivity contribution is 9.08. The SMILES string of the molecule is CCCC(C)c1nnc(CBr)n1CCOC. The zero-order chi connectivity index (χ0) is 12.0. The maximum Gasteiger partial charge on any atom is 0.143 e. The van der Waals surface area contributed by atoms with Crippen LogP contribution in [-0.2, 0) is 16.6 Å². The second kappa shape index (κ2) is 7.01. The van der Waals surface area contributed by atoms with Gasteiger partial charge >= 0.3 is 0 Å². The summed E-state index contributed by atoms with van der Waals surface area (Å²) >= 11 is 3.44. The third-order valence-corrected chi connectivity index (χ3v) is 3.16.